The topological polar surface area (TPSA) is 15.7 Å². The van der Waals surface area contributed by atoms with Gasteiger partial charge < -0.3 is 13.9 Å². The van der Waals surface area contributed by atoms with Crippen LogP contribution < -0.4 is 9.04 Å². The molecule has 34 heavy (non-hydrogen) atoms. The van der Waals surface area contributed by atoms with Crippen LogP contribution in [0.15, 0.2) is 80.6 Å². The first-order valence-corrected chi connectivity index (χ1v) is 14.4. The number of para-hydroxylation sites is 1. The highest BCUT2D eigenvalue weighted by atomic mass is 79.9. The molecule has 0 aliphatic carbocycles. The van der Waals surface area contributed by atoms with Gasteiger partial charge in [0.15, 0.2) is 0 Å². The maximum Gasteiger partial charge on any atom is 0.124 e. The van der Waals surface area contributed by atoms with Crippen molar-refractivity contribution < 1.29 is 4.74 Å². The van der Waals surface area contributed by atoms with Crippen molar-refractivity contribution in [3.63, 3.8) is 0 Å². The summed E-state index contributed by atoms with van der Waals surface area (Å²) < 4.78 is 10.6. The predicted molar refractivity (Wildman–Crippen MR) is 152 cm³/mol. The van der Waals surface area contributed by atoms with Crippen LogP contribution in [0.25, 0.3) is 0 Å². The van der Waals surface area contributed by atoms with E-state index in [1.165, 1.54) is 32.4 Å². The predicted octanol–water partition coefficient (Wildman–Crippen LogP) is 8.83. The summed E-state index contributed by atoms with van der Waals surface area (Å²) in [5.41, 5.74) is 2.25. The average Bonchev–Trinajstić information content (AvgIpc) is 2.86. The lowest BCUT2D eigenvalue weighted by molar-refractivity contribution is 0.204. The van der Waals surface area contributed by atoms with E-state index in [1.54, 1.807) is 11.9 Å². The summed E-state index contributed by atoms with van der Waals surface area (Å²) in [6.45, 7) is 5.01. The number of piperidine rings is 1. The van der Waals surface area contributed by atoms with E-state index in [0.717, 1.165) is 55.4 Å². The number of halogens is 3. The van der Waals surface area contributed by atoms with Gasteiger partial charge in [-0.25, -0.2) is 0 Å². The van der Waals surface area contributed by atoms with Crippen molar-refractivity contribution in [1.29, 1.82) is 0 Å². The van der Waals surface area contributed by atoms with Crippen LogP contribution in [-0.4, -0.2) is 31.1 Å². The van der Waals surface area contributed by atoms with Crippen LogP contribution in [-0.2, 0) is 6.54 Å². The minimum absolute atomic E-state index is 0.699. The van der Waals surface area contributed by atoms with E-state index in [9.17, 15) is 0 Å². The fourth-order valence-electron chi connectivity index (χ4n) is 4.05. The number of likely N-dealkylation sites (tertiary alicyclic amines) is 1. The fourth-order valence-corrected chi connectivity index (χ4v) is 6.07. The van der Waals surface area contributed by atoms with Crippen LogP contribution in [0.5, 0.6) is 5.75 Å². The molecule has 0 spiro atoms. The van der Waals surface area contributed by atoms with Gasteiger partial charge >= 0.3 is 0 Å². The van der Waals surface area contributed by atoms with E-state index < -0.39 is 0 Å². The summed E-state index contributed by atoms with van der Waals surface area (Å²) in [4.78, 5) is 3.69. The lowest BCUT2D eigenvalue weighted by atomic mass is 10.1. The maximum atomic E-state index is 6.28. The molecule has 7 heteroatoms. The van der Waals surface area contributed by atoms with E-state index in [2.05, 4.69) is 89.6 Å². The molecule has 1 fully saturated rings. The monoisotopic (exact) mass is 622 g/mol. The van der Waals surface area contributed by atoms with Crippen molar-refractivity contribution in [2.24, 2.45) is 0 Å². The number of ether oxygens (including phenoxy) is 1. The molecule has 0 unspecified atom stereocenters. The third-order valence-electron chi connectivity index (χ3n) is 5.82. The van der Waals surface area contributed by atoms with Gasteiger partial charge in [0.2, 0.25) is 0 Å². The van der Waals surface area contributed by atoms with Gasteiger partial charge in [-0.2, -0.15) is 0 Å². The van der Waals surface area contributed by atoms with Crippen molar-refractivity contribution in [3.8, 4) is 5.75 Å². The fraction of sp³-hybridized carbons (Fsp3) is 0.333. The standard InChI is InChI=1S/C27H29Br2ClN2OS/c28-22-9-14-25(29)26(19-22)32(34-24-12-10-23(30)11-13-24)20-21-7-2-3-8-27(21)33-18-6-17-31-15-4-1-5-16-31/h2-3,7-14,19H,1,4-6,15-18,20H2. The molecule has 1 aliphatic heterocycles. The molecule has 0 bridgehead atoms. The Bertz CT molecular complexity index is 1060. The van der Waals surface area contributed by atoms with E-state index in [1.807, 2.05) is 18.2 Å². The van der Waals surface area contributed by atoms with Crippen LogP contribution in [0.4, 0.5) is 5.69 Å². The largest absolute Gasteiger partial charge is 0.493 e. The van der Waals surface area contributed by atoms with Gasteiger partial charge in [0.1, 0.15) is 5.75 Å². The van der Waals surface area contributed by atoms with E-state index in [4.69, 9.17) is 16.3 Å². The highest BCUT2D eigenvalue weighted by Crippen LogP contribution is 2.38. The van der Waals surface area contributed by atoms with Crippen LogP contribution in [0, 0.1) is 0 Å². The molecular formula is C27H29Br2ClN2OS. The second kappa shape index (κ2) is 13.2. The maximum absolute atomic E-state index is 6.28. The SMILES string of the molecule is Clc1ccc(SN(Cc2ccccc2OCCCN2CCCCC2)c2cc(Br)ccc2Br)cc1. The molecule has 0 aromatic heterocycles. The summed E-state index contributed by atoms with van der Waals surface area (Å²) in [5.74, 6) is 0.953. The van der Waals surface area contributed by atoms with E-state index in [0.29, 0.717) is 6.54 Å². The first-order valence-electron chi connectivity index (χ1n) is 11.7. The van der Waals surface area contributed by atoms with Crippen molar-refractivity contribution in [3.05, 3.63) is 86.3 Å². The first kappa shape index (κ1) is 25.9. The van der Waals surface area contributed by atoms with E-state index >= 15 is 0 Å². The summed E-state index contributed by atoms with van der Waals surface area (Å²) in [5, 5.41) is 0.739. The second-order valence-corrected chi connectivity index (χ2v) is 11.7. The molecule has 3 aromatic rings. The van der Waals surface area contributed by atoms with Gasteiger partial charge in [0.25, 0.3) is 0 Å². The quantitative estimate of drug-likeness (QED) is 0.165. The lowest BCUT2D eigenvalue weighted by Crippen LogP contribution is -2.31. The molecule has 0 saturated carbocycles. The Balaban J connectivity index is 1.48. The molecular weight excluding hydrogens is 596 g/mol. The van der Waals surface area contributed by atoms with Crippen LogP contribution in [0.2, 0.25) is 5.02 Å². The molecule has 3 aromatic carbocycles. The Morgan fingerprint density at radius 2 is 1.71 bits per heavy atom. The zero-order valence-electron chi connectivity index (χ0n) is 19.1. The number of benzene rings is 3. The molecule has 4 rings (SSSR count). The van der Waals surface area contributed by atoms with Crippen LogP contribution in [0.3, 0.4) is 0 Å². The molecule has 1 heterocycles. The number of hydrogen-bond acceptors (Lipinski definition) is 4. The average molecular weight is 625 g/mol. The van der Waals surface area contributed by atoms with Crippen molar-refractivity contribution in [2.75, 3.05) is 30.5 Å². The van der Waals surface area contributed by atoms with Crippen LogP contribution in [0.1, 0.15) is 31.2 Å². The zero-order chi connectivity index (χ0) is 23.8. The number of anilines is 1. The summed E-state index contributed by atoms with van der Waals surface area (Å²) in [7, 11) is 0. The molecule has 180 valence electrons. The smallest absolute Gasteiger partial charge is 0.124 e. The van der Waals surface area contributed by atoms with Gasteiger partial charge in [0.05, 0.1) is 18.8 Å². The van der Waals surface area contributed by atoms with Crippen molar-refractivity contribution in [1.82, 2.24) is 4.90 Å². The zero-order valence-corrected chi connectivity index (χ0v) is 23.8. The Morgan fingerprint density at radius 3 is 2.50 bits per heavy atom. The molecule has 0 N–H and O–H groups in total. The van der Waals surface area contributed by atoms with Gasteiger partial charge in [-0.3, -0.25) is 0 Å². The number of nitrogens with zero attached hydrogens (tertiary/aromatic N) is 2. The Labute approximate surface area is 229 Å². The Morgan fingerprint density at radius 1 is 0.941 bits per heavy atom. The normalized spacial score (nSPS) is 14.2. The third-order valence-corrected chi connectivity index (χ3v) is 8.26. The van der Waals surface area contributed by atoms with Gasteiger partial charge in [0, 0.05) is 31.0 Å². The first-order chi connectivity index (χ1) is 16.6. The third kappa shape index (κ3) is 7.66. The lowest BCUT2D eigenvalue weighted by Gasteiger charge is -2.27. The Hall–Kier alpha value is -1.18. The van der Waals surface area contributed by atoms with Gasteiger partial charge in [-0.15, -0.1) is 0 Å². The van der Waals surface area contributed by atoms with Crippen LogP contribution >= 0.6 is 55.4 Å². The highest BCUT2D eigenvalue weighted by Gasteiger charge is 2.16. The summed E-state index contributed by atoms with van der Waals surface area (Å²) in [6.07, 6.45) is 5.08. The number of hydrogen-bond donors (Lipinski definition) is 0. The minimum Gasteiger partial charge on any atom is -0.493 e. The van der Waals surface area contributed by atoms with E-state index in [-0.39, 0.29) is 0 Å². The summed E-state index contributed by atoms with van der Waals surface area (Å²) in [6, 6.07) is 22.6. The molecule has 1 saturated heterocycles. The summed E-state index contributed by atoms with van der Waals surface area (Å²) >= 11 is 15.2. The number of rotatable bonds is 10. The molecule has 1 aliphatic rings. The molecule has 0 radical (unpaired) electrons. The minimum atomic E-state index is 0.699. The second-order valence-electron chi connectivity index (χ2n) is 8.39. The Kier molecular flexibility index (Phi) is 10.1. The van der Waals surface area contributed by atoms with Crippen molar-refractivity contribution >= 4 is 61.1 Å². The highest BCUT2D eigenvalue weighted by molar-refractivity contribution is 9.11. The molecule has 0 atom stereocenters. The van der Waals surface area contributed by atoms with Crippen molar-refractivity contribution in [2.45, 2.75) is 37.1 Å². The molecule has 3 nitrogen and oxygen atoms in total. The molecule has 0 amide bonds. The van der Waals surface area contributed by atoms with Gasteiger partial charge in [-0.05, 0) is 109 Å². The van der Waals surface area contributed by atoms with Gasteiger partial charge in [-0.1, -0.05) is 52.2 Å².